The van der Waals surface area contributed by atoms with Gasteiger partial charge in [0.25, 0.3) is 0 Å². The molecule has 41 heavy (non-hydrogen) atoms. The Balaban J connectivity index is 1.35. The summed E-state index contributed by atoms with van der Waals surface area (Å²) in [5.74, 6) is 0. The fourth-order valence-electron chi connectivity index (χ4n) is 7.37. The number of hydrogen-bond donors (Lipinski definition) is 0. The quantitative estimate of drug-likeness (QED) is 0.168. The number of allylic oxidation sites excluding steroid dienone is 2. The second-order valence-electron chi connectivity index (χ2n) is 11.3. The minimum atomic E-state index is -2.62. The fourth-order valence-corrected chi connectivity index (χ4v) is 16.9. The maximum absolute atomic E-state index is 7.24. The van der Waals surface area contributed by atoms with Crippen molar-refractivity contribution in [2.45, 2.75) is 21.1 Å². The van der Waals surface area contributed by atoms with Crippen molar-refractivity contribution in [1.82, 2.24) is 9.13 Å². The molecule has 0 saturated heterocycles. The van der Waals surface area contributed by atoms with Gasteiger partial charge in [-0.1, -0.05) is 0 Å². The van der Waals surface area contributed by atoms with Gasteiger partial charge in [0, 0.05) is 0 Å². The first-order valence-electron chi connectivity index (χ1n) is 14.3. The zero-order chi connectivity index (χ0) is 27.7. The molecule has 2 unspecified atom stereocenters. The number of halogens is 1. The Morgan fingerprint density at radius 2 is 1.00 bits per heavy atom. The van der Waals surface area contributed by atoms with Crippen LogP contribution in [0.15, 0.2) is 109 Å². The van der Waals surface area contributed by atoms with E-state index in [0.29, 0.717) is 7.25 Å². The van der Waals surface area contributed by atoms with Crippen LogP contribution in [0.1, 0.15) is 40.9 Å². The average Bonchev–Trinajstić information content (AvgIpc) is 3.73. The molecular weight excluding hydrogens is 599 g/mol. The van der Waals surface area contributed by atoms with Gasteiger partial charge in [-0.3, -0.25) is 0 Å². The molecule has 0 bridgehead atoms. The molecule has 2 aromatic heterocycles. The number of aromatic nitrogens is 2. The van der Waals surface area contributed by atoms with Crippen LogP contribution in [-0.4, -0.2) is 12.7 Å². The van der Waals surface area contributed by atoms with Gasteiger partial charge in [0.15, 0.2) is 0 Å². The Labute approximate surface area is 253 Å². The summed E-state index contributed by atoms with van der Waals surface area (Å²) in [5, 5.41) is 2.58. The summed E-state index contributed by atoms with van der Waals surface area (Å²) in [6.07, 6.45) is 4.90. The number of para-hydroxylation sites is 2. The Morgan fingerprint density at radius 1 is 0.585 bits per heavy atom. The van der Waals surface area contributed by atoms with Crippen LogP contribution >= 0.6 is 11.6 Å². The first-order valence-corrected chi connectivity index (χ1v) is 19.4. The van der Waals surface area contributed by atoms with Crippen molar-refractivity contribution in [2.75, 3.05) is 3.59 Å². The molecule has 0 spiro atoms. The molecule has 2 aliphatic rings. The number of aryl methyl sites for hydroxylation is 2. The molecule has 0 saturated carbocycles. The van der Waals surface area contributed by atoms with E-state index in [0.717, 1.165) is 3.59 Å². The topological polar surface area (TPSA) is 9.86 Å². The number of rotatable bonds is 5. The molecular formula is C37H30ClN2Zr. The predicted molar refractivity (Wildman–Crippen MR) is 171 cm³/mol. The normalized spacial score (nSPS) is 17.5. The van der Waals surface area contributed by atoms with E-state index >= 15 is 0 Å². The summed E-state index contributed by atoms with van der Waals surface area (Å²) in [6.45, 7) is 4.49. The van der Waals surface area contributed by atoms with Crippen LogP contribution in [0.25, 0.3) is 45.4 Å². The molecule has 0 radical (unpaired) electrons. The SMILES string of the molecule is Cc1cc2ccccc2n1C1=Cc2ccccc2[CH]1[Zr]([CH2]Cl)[CH]1C(n2c(C)cc3ccccc32)=Cc2ccccc21. The van der Waals surface area contributed by atoms with Crippen molar-refractivity contribution in [3.63, 3.8) is 0 Å². The minimum absolute atomic E-state index is 0.335. The summed E-state index contributed by atoms with van der Waals surface area (Å²) in [4.78, 5) is 0. The molecule has 2 heterocycles. The van der Waals surface area contributed by atoms with E-state index in [2.05, 4.69) is 144 Å². The number of nitrogens with zero attached hydrogens (tertiary/aromatic N) is 2. The number of fused-ring (bicyclic) bond motifs is 4. The monoisotopic (exact) mass is 627 g/mol. The standard InChI is InChI=1S/2C18H14N.CH2Cl.Zr/c2*1-13-10-16-8-4-5-9-18(16)19(13)17-11-14-6-2-3-7-15(14)12-17;1-2;/h2*2-12H,1H3;1H2;. The van der Waals surface area contributed by atoms with E-state index in [1.807, 2.05) is 0 Å². The van der Waals surface area contributed by atoms with Gasteiger partial charge in [0.1, 0.15) is 0 Å². The molecule has 2 nitrogen and oxygen atoms in total. The summed E-state index contributed by atoms with van der Waals surface area (Å²) in [7, 11) is 0. The molecule has 0 amide bonds. The second kappa shape index (κ2) is 9.86. The van der Waals surface area contributed by atoms with Gasteiger partial charge >= 0.3 is 255 Å². The first kappa shape index (κ1) is 25.3. The van der Waals surface area contributed by atoms with Crippen LogP contribution < -0.4 is 0 Å². The van der Waals surface area contributed by atoms with E-state index in [-0.39, 0.29) is 0 Å². The Morgan fingerprint density at radius 3 is 1.46 bits per heavy atom. The molecule has 0 fully saturated rings. The first-order chi connectivity index (χ1) is 20.1. The van der Waals surface area contributed by atoms with Gasteiger partial charge in [0.05, 0.1) is 0 Å². The van der Waals surface area contributed by atoms with E-state index in [4.69, 9.17) is 11.6 Å². The number of benzene rings is 4. The van der Waals surface area contributed by atoms with E-state index in [1.54, 1.807) is 0 Å². The van der Waals surface area contributed by atoms with Crippen molar-refractivity contribution >= 4 is 57.0 Å². The molecule has 199 valence electrons. The van der Waals surface area contributed by atoms with Gasteiger partial charge in [-0.25, -0.2) is 0 Å². The van der Waals surface area contributed by atoms with Crippen molar-refractivity contribution < 1.29 is 21.8 Å². The van der Waals surface area contributed by atoms with Gasteiger partial charge in [-0.2, -0.15) is 0 Å². The van der Waals surface area contributed by atoms with E-state index in [1.165, 1.54) is 66.8 Å². The van der Waals surface area contributed by atoms with Crippen molar-refractivity contribution in [1.29, 1.82) is 0 Å². The van der Waals surface area contributed by atoms with Crippen molar-refractivity contribution in [2.24, 2.45) is 0 Å². The predicted octanol–water partition coefficient (Wildman–Crippen LogP) is 9.83. The van der Waals surface area contributed by atoms with Crippen LogP contribution in [0, 0.1) is 13.8 Å². The third-order valence-electron chi connectivity index (χ3n) is 9.01. The van der Waals surface area contributed by atoms with Crippen LogP contribution in [0.4, 0.5) is 0 Å². The van der Waals surface area contributed by atoms with Crippen molar-refractivity contribution in [3.05, 3.63) is 143 Å². The van der Waals surface area contributed by atoms with E-state index in [9.17, 15) is 0 Å². The molecule has 4 heteroatoms. The van der Waals surface area contributed by atoms with Crippen LogP contribution in [0.2, 0.25) is 0 Å². The van der Waals surface area contributed by atoms with Crippen LogP contribution in [-0.2, 0) is 21.8 Å². The van der Waals surface area contributed by atoms with Gasteiger partial charge in [0.2, 0.25) is 0 Å². The Hall–Kier alpha value is -3.39. The van der Waals surface area contributed by atoms with Crippen LogP contribution in [0.5, 0.6) is 0 Å². The molecule has 2 aliphatic carbocycles. The van der Waals surface area contributed by atoms with Gasteiger partial charge in [-0.05, 0) is 0 Å². The van der Waals surface area contributed by atoms with Gasteiger partial charge < -0.3 is 0 Å². The third-order valence-corrected chi connectivity index (χ3v) is 18.2. The molecule has 2 atom stereocenters. The van der Waals surface area contributed by atoms with Gasteiger partial charge in [-0.15, -0.1) is 0 Å². The third kappa shape index (κ3) is 3.86. The fraction of sp³-hybridized carbons (Fsp3) is 0.135. The molecule has 8 rings (SSSR count). The molecule has 4 aromatic carbocycles. The average molecular weight is 629 g/mol. The molecule has 6 aromatic rings. The zero-order valence-electron chi connectivity index (χ0n) is 23.2. The zero-order valence-corrected chi connectivity index (χ0v) is 26.4. The maximum atomic E-state index is 7.24. The molecule has 0 N–H and O–H groups in total. The summed E-state index contributed by atoms with van der Waals surface area (Å²) in [5.41, 5.74) is 13.5. The Kier molecular flexibility index (Phi) is 6.09. The second-order valence-corrected chi connectivity index (χ2v) is 19.2. The summed E-state index contributed by atoms with van der Waals surface area (Å²) in [6, 6.07) is 40.3. The summed E-state index contributed by atoms with van der Waals surface area (Å²) < 4.78 is 6.46. The van der Waals surface area contributed by atoms with E-state index < -0.39 is 21.8 Å². The molecule has 0 aliphatic heterocycles. The number of alkyl halides is 1. The Bertz CT molecular complexity index is 1900. The number of hydrogen-bond acceptors (Lipinski definition) is 0. The summed E-state index contributed by atoms with van der Waals surface area (Å²) >= 11 is 4.62. The van der Waals surface area contributed by atoms with Crippen molar-refractivity contribution in [3.8, 4) is 0 Å². The van der Waals surface area contributed by atoms with Crippen LogP contribution in [0.3, 0.4) is 0 Å².